The smallest absolute Gasteiger partial charge is 0.131 e. The molecule has 0 fully saturated rings. The van der Waals surface area contributed by atoms with Crippen molar-refractivity contribution in [3.8, 4) is 11.1 Å². The molecule has 1 radical (unpaired) electrons. The maximum Gasteiger partial charge on any atom is 0.131 e. The van der Waals surface area contributed by atoms with Gasteiger partial charge in [0.1, 0.15) is 5.82 Å². The number of aliphatic hydroxyl groups excluding tert-OH is 1. The summed E-state index contributed by atoms with van der Waals surface area (Å²) in [5.41, 5.74) is 20.6. The normalized spacial score (nSPS) is 11.9. The van der Waals surface area contributed by atoms with Gasteiger partial charge < -0.3 is 47.3 Å². The Morgan fingerprint density at radius 1 is 1.14 bits per heavy atom. The van der Waals surface area contributed by atoms with Gasteiger partial charge in [-0.2, -0.15) is 0 Å². The molecule has 0 aliphatic heterocycles. The quantitative estimate of drug-likeness (QED) is 0.0730. The molecule has 3 aromatic rings. The van der Waals surface area contributed by atoms with Crippen LogP contribution in [0.25, 0.3) is 27.4 Å². The predicted octanol–water partition coefficient (Wildman–Crippen LogP) is 4.93. The summed E-state index contributed by atoms with van der Waals surface area (Å²) in [6.45, 7) is 0.543. The number of benzene rings is 2. The van der Waals surface area contributed by atoms with Crippen molar-refractivity contribution in [3.05, 3.63) is 107 Å². The molecule has 0 spiro atoms. The minimum absolute atomic E-state index is 0. The summed E-state index contributed by atoms with van der Waals surface area (Å²) in [5.74, 6) is 0.0479. The van der Waals surface area contributed by atoms with Gasteiger partial charge in [-0.15, -0.1) is 0 Å². The molecule has 13 heteroatoms. The summed E-state index contributed by atoms with van der Waals surface area (Å²) in [5, 5.41) is 19.6. The van der Waals surface area contributed by atoms with Crippen LogP contribution in [0.4, 0.5) is 11.5 Å². The Morgan fingerprint density at radius 3 is 2.41 bits per heavy atom. The van der Waals surface area contributed by atoms with Crippen LogP contribution in [0.15, 0.2) is 100.0 Å². The number of aliphatic imine (C=N–C) groups is 2. The number of amidine groups is 1. The number of methoxy groups -OCH3 is 1. The van der Waals surface area contributed by atoms with Crippen molar-refractivity contribution in [1.29, 1.82) is 0 Å². The fourth-order valence-electron chi connectivity index (χ4n) is 3.44. The molecule has 12 nitrogen and oxygen atoms in total. The van der Waals surface area contributed by atoms with Gasteiger partial charge in [0.15, 0.2) is 0 Å². The number of carbonyl (C=O) groups excluding carboxylic acids is 1. The van der Waals surface area contributed by atoms with E-state index in [1.165, 1.54) is 26.6 Å². The average Bonchev–Trinajstić information content (AvgIpc) is 3.05. The maximum absolute atomic E-state index is 11.8. The van der Waals surface area contributed by atoms with Crippen molar-refractivity contribution >= 4 is 41.3 Å². The Balaban J connectivity index is 0.000000430. The number of nitrogens with zero attached hydrogens (tertiary/aromatic N) is 6. The number of ether oxygens (including phenoxy) is 1. The SMILES string of the molecule is CN=C/C(=C\N)c1cnc(N)c(-c2ccc(NC)cc2)c1.C[N-]/C(COC)=N\[N-]C(=O)/C(C=NCc1ccccc1)=C/O.[Y]. The first-order chi connectivity index (χ1) is 20.9. The second-order valence-electron chi connectivity index (χ2n) is 8.61. The number of nitrogen functional groups attached to an aromatic ring is 1. The van der Waals surface area contributed by atoms with Crippen LogP contribution in [0.5, 0.6) is 0 Å². The number of pyridine rings is 1. The number of hydrogen-bond donors (Lipinski definition) is 4. The van der Waals surface area contributed by atoms with Crippen LogP contribution < -0.4 is 16.8 Å². The molecule has 0 unspecified atom stereocenters. The third kappa shape index (κ3) is 12.5. The molecule has 3 rings (SSSR count). The monoisotopic (exact) mass is 672 g/mol. The second kappa shape index (κ2) is 21.3. The first-order valence-corrected chi connectivity index (χ1v) is 13.1. The molecule has 2 aromatic carbocycles. The van der Waals surface area contributed by atoms with Crippen molar-refractivity contribution in [2.45, 2.75) is 6.54 Å². The summed E-state index contributed by atoms with van der Waals surface area (Å²) in [7, 11) is 6.58. The third-order valence-corrected chi connectivity index (χ3v) is 5.71. The van der Waals surface area contributed by atoms with Crippen LogP contribution in [-0.4, -0.2) is 69.1 Å². The molecule has 0 saturated carbocycles. The zero-order valence-corrected chi connectivity index (χ0v) is 28.1. The van der Waals surface area contributed by atoms with Gasteiger partial charge in [0.25, 0.3) is 0 Å². The Labute approximate surface area is 283 Å². The van der Waals surface area contributed by atoms with Crippen LogP contribution in [0.1, 0.15) is 11.1 Å². The summed E-state index contributed by atoms with van der Waals surface area (Å²) in [4.78, 5) is 24.1. The Morgan fingerprint density at radius 2 is 1.84 bits per heavy atom. The number of carbonyl (C=O) groups is 1. The summed E-state index contributed by atoms with van der Waals surface area (Å²) in [6.07, 6.45) is 6.80. The van der Waals surface area contributed by atoms with Crippen molar-refractivity contribution in [2.75, 3.05) is 45.9 Å². The largest absolute Gasteiger partial charge is 0.655 e. The number of aromatic nitrogens is 1. The number of nitrogens with two attached hydrogens (primary N) is 2. The van der Waals surface area contributed by atoms with E-state index < -0.39 is 5.91 Å². The molecule has 1 heterocycles. The van der Waals surface area contributed by atoms with Crippen molar-refractivity contribution in [1.82, 2.24) is 4.98 Å². The molecule has 229 valence electrons. The predicted molar refractivity (Wildman–Crippen MR) is 177 cm³/mol. The number of amides is 1. The average molecular weight is 673 g/mol. The molecule has 44 heavy (non-hydrogen) atoms. The standard InChI is InChI=1S/C16H19N5.C15H19N4O3.Y/c1-19-9-13(8-17)12-7-15(16(18)21-10-12)11-3-5-14(20-2)6-4-11;1-16-14(11-22-2)18-19-15(21)13(10-20)9-17-8-12-6-4-3-5-7-12;/h3-10,20H,17H2,1-2H3,(H2,18,21);3-7,9-10H,8,11H2,1-2H3,(H2-,16,17,18,19,20,21);/q;-1;/p-1/b13-8+,19-9?;;. The van der Waals surface area contributed by atoms with E-state index in [2.05, 4.69) is 36.1 Å². The Hall–Kier alpha value is -4.39. The van der Waals surface area contributed by atoms with E-state index in [0.29, 0.717) is 18.6 Å². The van der Waals surface area contributed by atoms with Crippen molar-refractivity contribution in [2.24, 2.45) is 20.8 Å². The van der Waals surface area contributed by atoms with E-state index in [1.54, 1.807) is 19.5 Å². The number of aliphatic hydroxyl groups is 1. The van der Waals surface area contributed by atoms with Crippen molar-refractivity contribution in [3.63, 3.8) is 0 Å². The molecule has 0 saturated heterocycles. The number of likely N-dealkylation sites (N-methyl/N-ethyl adjacent to an activating group) is 1. The first-order valence-electron chi connectivity index (χ1n) is 13.1. The second-order valence-corrected chi connectivity index (χ2v) is 8.61. The molecule has 0 aliphatic rings. The molecule has 6 N–H and O–H groups in total. The summed E-state index contributed by atoms with van der Waals surface area (Å²) in [6, 6.07) is 19.5. The number of anilines is 2. The molecular weight excluding hydrogens is 635 g/mol. The minimum atomic E-state index is -0.712. The minimum Gasteiger partial charge on any atom is -0.655 e. The third-order valence-electron chi connectivity index (χ3n) is 5.71. The van der Waals surface area contributed by atoms with Gasteiger partial charge in [-0.05, 0) is 29.3 Å². The molecule has 0 bridgehead atoms. The van der Waals surface area contributed by atoms with E-state index in [9.17, 15) is 4.79 Å². The molecule has 1 aromatic heterocycles. The van der Waals surface area contributed by atoms with E-state index in [4.69, 9.17) is 21.3 Å². The first kappa shape index (κ1) is 37.6. The van der Waals surface area contributed by atoms with Gasteiger partial charge in [-0.1, -0.05) is 55.3 Å². The van der Waals surface area contributed by atoms with Gasteiger partial charge in [0.2, 0.25) is 0 Å². The van der Waals surface area contributed by atoms with Gasteiger partial charge in [-0.3, -0.25) is 9.98 Å². The van der Waals surface area contributed by atoms with Crippen LogP contribution in [0, 0.1) is 0 Å². The fourth-order valence-corrected chi connectivity index (χ4v) is 3.44. The van der Waals surface area contributed by atoms with Gasteiger partial charge in [0.05, 0.1) is 30.9 Å². The zero-order chi connectivity index (χ0) is 31.5. The Kier molecular flexibility index (Phi) is 18.2. The topological polar surface area (TPSA) is 189 Å². The van der Waals surface area contributed by atoms with E-state index in [-0.39, 0.29) is 50.7 Å². The summed E-state index contributed by atoms with van der Waals surface area (Å²) >= 11 is 0. The van der Waals surface area contributed by atoms with Gasteiger partial charge in [-0.25, -0.2) is 4.98 Å². The number of allylic oxidation sites excluding steroid dienone is 1. The Bertz CT molecular complexity index is 1460. The molecule has 1 amide bonds. The van der Waals surface area contributed by atoms with E-state index in [0.717, 1.165) is 33.5 Å². The van der Waals surface area contributed by atoms with Crippen LogP contribution >= 0.6 is 0 Å². The molecule has 0 atom stereocenters. The van der Waals surface area contributed by atoms with E-state index in [1.807, 2.05) is 67.7 Å². The summed E-state index contributed by atoms with van der Waals surface area (Å²) < 4.78 is 4.84. The fraction of sp³-hybridized carbons (Fsp3) is 0.194. The van der Waals surface area contributed by atoms with Gasteiger partial charge in [0, 0.05) is 101 Å². The molecule has 0 aliphatic carbocycles. The maximum atomic E-state index is 11.8. The number of hydrogen-bond acceptors (Lipinski definition) is 10. The van der Waals surface area contributed by atoms with Crippen molar-refractivity contribution < 1.29 is 47.3 Å². The van der Waals surface area contributed by atoms with Gasteiger partial charge >= 0.3 is 0 Å². The van der Waals surface area contributed by atoms with Crippen LogP contribution in [0.3, 0.4) is 0 Å². The molecular formula is C31H37N9O3Y-2. The number of nitrogens with one attached hydrogen (secondary N) is 1. The zero-order valence-electron chi connectivity index (χ0n) is 25.3. The van der Waals surface area contributed by atoms with Crippen LogP contribution in [0.2, 0.25) is 0 Å². The van der Waals surface area contributed by atoms with E-state index >= 15 is 0 Å². The van der Waals surface area contributed by atoms with Crippen LogP contribution in [-0.2, 0) is 48.8 Å². The number of rotatable bonds is 11.